The molecule has 0 saturated carbocycles. The molecule has 0 amide bonds. The molecule has 2 aromatic carbocycles. The predicted octanol–water partition coefficient (Wildman–Crippen LogP) is 5.57. The summed E-state index contributed by atoms with van der Waals surface area (Å²) in [5.74, 6) is 1.24. The molecule has 5 aromatic rings. The molecule has 0 bridgehead atoms. The number of halogens is 1. The van der Waals surface area contributed by atoms with Crippen molar-refractivity contribution in [3.8, 4) is 17.1 Å². The lowest BCUT2D eigenvalue weighted by molar-refractivity contribution is 0.883. The highest BCUT2D eigenvalue weighted by molar-refractivity contribution is 7.98. The van der Waals surface area contributed by atoms with E-state index in [1.54, 1.807) is 10.5 Å². The highest BCUT2D eigenvalue weighted by atomic mass is 35.5. The summed E-state index contributed by atoms with van der Waals surface area (Å²) in [7, 11) is 0. The molecule has 160 valence electrons. The summed E-state index contributed by atoms with van der Waals surface area (Å²) in [6, 6.07) is 17.3. The number of nitrogens with zero attached hydrogens (tertiary/aromatic N) is 5. The van der Waals surface area contributed by atoms with E-state index in [4.69, 9.17) is 11.6 Å². The Morgan fingerprint density at radius 1 is 1.06 bits per heavy atom. The second kappa shape index (κ2) is 8.54. The van der Waals surface area contributed by atoms with E-state index < -0.39 is 0 Å². The topological polar surface area (TPSA) is 65.1 Å². The van der Waals surface area contributed by atoms with Crippen molar-refractivity contribution >= 4 is 39.7 Å². The summed E-state index contributed by atoms with van der Waals surface area (Å²) >= 11 is 9.04. The maximum absolute atomic E-state index is 12.5. The van der Waals surface area contributed by atoms with E-state index in [2.05, 4.69) is 34.2 Å². The fourth-order valence-corrected chi connectivity index (χ4v) is 5.32. The molecule has 0 saturated heterocycles. The van der Waals surface area contributed by atoms with Gasteiger partial charge in [0, 0.05) is 39.2 Å². The summed E-state index contributed by atoms with van der Waals surface area (Å²) < 4.78 is 3.66. The Balaban J connectivity index is 1.54. The van der Waals surface area contributed by atoms with Crippen molar-refractivity contribution in [1.82, 2.24) is 24.1 Å². The molecule has 0 radical (unpaired) electrons. The van der Waals surface area contributed by atoms with E-state index in [1.807, 2.05) is 53.3 Å². The van der Waals surface area contributed by atoms with Crippen molar-refractivity contribution in [1.29, 1.82) is 0 Å². The van der Waals surface area contributed by atoms with Crippen LogP contribution in [0.1, 0.15) is 17.0 Å². The number of hydrogen-bond acceptors (Lipinski definition) is 6. The Morgan fingerprint density at radius 2 is 1.88 bits per heavy atom. The first-order valence-electron chi connectivity index (χ1n) is 9.87. The van der Waals surface area contributed by atoms with Crippen LogP contribution in [0.15, 0.2) is 69.9 Å². The molecule has 32 heavy (non-hydrogen) atoms. The van der Waals surface area contributed by atoms with Gasteiger partial charge in [-0.15, -0.1) is 21.5 Å². The van der Waals surface area contributed by atoms with Gasteiger partial charge in [-0.25, -0.2) is 4.98 Å². The largest absolute Gasteiger partial charge is 0.270 e. The number of aromatic nitrogens is 5. The summed E-state index contributed by atoms with van der Waals surface area (Å²) in [5.41, 5.74) is 4.58. The number of rotatable bonds is 5. The van der Waals surface area contributed by atoms with Gasteiger partial charge in [0.25, 0.3) is 5.56 Å². The minimum Gasteiger partial charge on any atom is -0.270 e. The monoisotopic (exact) mass is 479 g/mol. The van der Waals surface area contributed by atoms with Crippen LogP contribution in [0.25, 0.3) is 22.0 Å². The van der Waals surface area contributed by atoms with E-state index >= 15 is 0 Å². The number of benzene rings is 2. The summed E-state index contributed by atoms with van der Waals surface area (Å²) in [6.07, 6.45) is 0. The highest BCUT2D eigenvalue weighted by Gasteiger charge is 2.17. The normalized spacial score (nSPS) is 11.3. The Morgan fingerprint density at radius 3 is 2.66 bits per heavy atom. The van der Waals surface area contributed by atoms with Gasteiger partial charge in [0.05, 0.1) is 5.69 Å². The molecule has 0 aliphatic rings. The van der Waals surface area contributed by atoms with Crippen LogP contribution < -0.4 is 5.56 Å². The maximum atomic E-state index is 12.5. The third kappa shape index (κ3) is 3.97. The molecule has 3 aromatic heterocycles. The second-order valence-electron chi connectivity index (χ2n) is 7.36. The molecule has 6 nitrogen and oxygen atoms in total. The standard InChI is InChI=1S/C23H18ClN5OS2/c1-14-4-3-5-19(10-14)29-21(16-6-8-17(24)9-7-16)26-27-23(29)32-13-18-11-20(30)28-15(2)12-31-22(28)25-18/h3-12H,13H2,1-2H3. The lowest BCUT2D eigenvalue weighted by atomic mass is 10.2. The first-order valence-corrected chi connectivity index (χ1v) is 12.1. The predicted molar refractivity (Wildman–Crippen MR) is 130 cm³/mol. The van der Waals surface area contributed by atoms with Crippen LogP contribution in [-0.4, -0.2) is 24.1 Å². The quantitative estimate of drug-likeness (QED) is 0.308. The molecular weight excluding hydrogens is 462 g/mol. The third-order valence-corrected chi connectivity index (χ3v) is 7.13. The molecule has 0 spiro atoms. The van der Waals surface area contributed by atoms with Gasteiger partial charge < -0.3 is 0 Å². The zero-order valence-electron chi connectivity index (χ0n) is 17.3. The van der Waals surface area contributed by atoms with E-state index in [0.29, 0.717) is 21.4 Å². The summed E-state index contributed by atoms with van der Waals surface area (Å²) in [5, 5.41) is 12.3. The van der Waals surface area contributed by atoms with Crippen LogP contribution in [0.5, 0.6) is 0 Å². The lowest BCUT2D eigenvalue weighted by Gasteiger charge is -2.11. The van der Waals surface area contributed by atoms with Crippen molar-refractivity contribution in [2.75, 3.05) is 0 Å². The van der Waals surface area contributed by atoms with Crippen molar-refractivity contribution in [2.24, 2.45) is 0 Å². The maximum Gasteiger partial charge on any atom is 0.258 e. The number of hydrogen-bond donors (Lipinski definition) is 0. The Bertz CT molecular complexity index is 1490. The molecule has 3 heterocycles. The molecule has 0 aliphatic carbocycles. The Kier molecular flexibility index (Phi) is 5.58. The van der Waals surface area contributed by atoms with Gasteiger partial charge in [-0.05, 0) is 55.8 Å². The molecule has 0 aliphatic heterocycles. The van der Waals surface area contributed by atoms with Crippen molar-refractivity contribution in [2.45, 2.75) is 24.8 Å². The van der Waals surface area contributed by atoms with Crippen molar-refractivity contribution in [3.63, 3.8) is 0 Å². The first kappa shape index (κ1) is 20.9. The molecular formula is C23H18ClN5OS2. The van der Waals surface area contributed by atoms with E-state index in [-0.39, 0.29) is 5.56 Å². The fraction of sp³-hybridized carbons (Fsp3) is 0.130. The van der Waals surface area contributed by atoms with E-state index in [1.165, 1.54) is 23.1 Å². The molecule has 0 unspecified atom stereocenters. The Labute approximate surface area is 197 Å². The summed E-state index contributed by atoms with van der Waals surface area (Å²) in [4.78, 5) is 17.9. The van der Waals surface area contributed by atoms with Crippen LogP contribution in [0.4, 0.5) is 0 Å². The average molecular weight is 480 g/mol. The number of thiazole rings is 1. The smallest absolute Gasteiger partial charge is 0.258 e. The zero-order chi connectivity index (χ0) is 22.2. The van der Waals surface area contributed by atoms with E-state index in [0.717, 1.165) is 33.5 Å². The molecule has 0 atom stereocenters. The number of aryl methyl sites for hydroxylation is 2. The van der Waals surface area contributed by atoms with Crippen LogP contribution in [0.3, 0.4) is 0 Å². The van der Waals surface area contributed by atoms with Crippen molar-refractivity contribution < 1.29 is 0 Å². The lowest BCUT2D eigenvalue weighted by Crippen LogP contribution is -2.14. The van der Waals surface area contributed by atoms with Gasteiger partial charge in [0.1, 0.15) is 0 Å². The Hall–Kier alpha value is -2.94. The van der Waals surface area contributed by atoms with Gasteiger partial charge >= 0.3 is 0 Å². The van der Waals surface area contributed by atoms with Crippen molar-refractivity contribution in [3.05, 3.63) is 92.3 Å². The van der Waals surface area contributed by atoms with Crippen LogP contribution in [0, 0.1) is 13.8 Å². The third-order valence-electron chi connectivity index (χ3n) is 4.97. The number of fused-ring (bicyclic) bond motifs is 1. The minimum absolute atomic E-state index is 0.0636. The average Bonchev–Trinajstić information content (AvgIpc) is 3.37. The van der Waals surface area contributed by atoms with Gasteiger partial charge in [-0.1, -0.05) is 35.5 Å². The van der Waals surface area contributed by atoms with Gasteiger partial charge in [0.2, 0.25) is 0 Å². The van der Waals surface area contributed by atoms with Crippen LogP contribution >= 0.6 is 34.7 Å². The zero-order valence-corrected chi connectivity index (χ0v) is 19.7. The first-order chi connectivity index (χ1) is 15.5. The number of thioether (sulfide) groups is 1. The van der Waals surface area contributed by atoms with Gasteiger partial charge in [0.15, 0.2) is 15.9 Å². The molecule has 9 heteroatoms. The van der Waals surface area contributed by atoms with E-state index in [9.17, 15) is 4.79 Å². The summed E-state index contributed by atoms with van der Waals surface area (Å²) in [6.45, 7) is 3.96. The van der Waals surface area contributed by atoms with Crippen LogP contribution in [-0.2, 0) is 5.75 Å². The SMILES string of the molecule is Cc1cccc(-n2c(SCc3cc(=O)n4c(C)csc4n3)nnc2-c2ccc(Cl)cc2)c1. The van der Waals surface area contributed by atoms with Gasteiger partial charge in [-0.3, -0.25) is 13.8 Å². The van der Waals surface area contributed by atoms with Crippen LogP contribution in [0.2, 0.25) is 5.02 Å². The van der Waals surface area contributed by atoms with Gasteiger partial charge in [-0.2, -0.15) is 0 Å². The fourth-order valence-electron chi connectivity index (χ4n) is 3.46. The molecule has 0 fully saturated rings. The molecule has 0 N–H and O–H groups in total. The second-order valence-corrected chi connectivity index (χ2v) is 9.57. The molecule has 5 rings (SSSR count). The minimum atomic E-state index is -0.0636. The highest BCUT2D eigenvalue weighted by Crippen LogP contribution is 2.30.